The first-order valence-electron chi connectivity index (χ1n) is 7.69. The quantitative estimate of drug-likeness (QED) is 0.349. The van der Waals surface area contributed by atoms with Crippen LogP contribution in [-0.4, -0.2) is 8.07 Å². The highest BCUT2D eigenvalue weighted by Crippen LogP contribution is 2.30. The van der Waals surface area contributed by atoms with E-state index in [-0.39, 0.29) is 0 Å². The summed E-state index contributed by atoms with van der Waals surface area (Å²) in [5, 5.41) is 1.59. The summed E-state index contributed by atoms with van der Waals surface area (Å²) in [6.07, 6.45) is 7.94. The van der Waals surface area contributed by atoms with Gasteiger partial charge in [0.05, 0.1) is 8.07 Å². The predicted molar refractivity (Wildman–Crippen MR) is 90.9 cm³/mol. The molecule has 0 amide bonds. The van der Waals surface area contributed by atoms with E-state index in [1.807, 2.05) is 0 Å². The summed E-state index contributed by atoms with van der Waals surface area (Å²) in [6.45, 7) is 11.8. The lowest BCUT2D eigenvalue weighted by Gasteiger charge is -2.31. The second-order valence-electron chi connectivity index (χ2n) is 6.43. The number of hydrogen-bond acceptors (Lipinski definition) is 0. The van der Waals surface area contributed by atoms with Gasteiger partial charge in [-0.25, -0.2) is 0 Å². The van der Waals surface area contributed by atoms with E-state index in [9.17, 15) is 0 Å². The van der Waals surface area contributed by atoms with Crippen molar-refractivity contribution in [3.63, 3.8) is 0 Å². The molecule has 106 valence electrons. The molecule has 0 fully saturated rings. The number of allylic oxidation sites excluding steroid dienone is 2. The summed E-state index contributed by atoms with van der Waals surface area (Å²) in [7, 11) is -1.40. The number of hydrogen-bond donors (Lipinski definition) is 0. The standard InChI is InChI=1S/C18H30Si/c1-6-7-9-14-18(15-16(2)3)19(4,5)17-12-10-8-11-13-17/h8,10-13,15,18H,6-7,9,14H2,1-5H3. The molecule has 0 radical (unpaired) electrons. The summed E-state index contributed by atoms with van der Waals surface area (Å²) < 4.78 is 0. The Morgan fingerprint density at radius 1 is 1.11 bits per heavy atom. The summed E-state index contributed by atoms with van der Waals surface area (Å²) in [5.74, 6) is 0. The van der Waals surface area contributed by atoms with Crippen molar-refractivity contribution < 1.29 is 0 Å². The molecule has 0 aliphatic carbocycles. The maximum absolute atomic E-state index is 2.54. The maximum atomic E-state index is 2.54. The van der Waals surface area contributed by atoms with Gasteiger partial charge in [0.25, 0.3) is 0 Å². The number of benzene rings is 1. The van der Waals surface area contributed by atoms with Crippen molar-refractivity contribution >= 4 is 13.3 Å². The fraction of sp³-hybridized carbons (Fsp3) is 0.556. The first-order valence-corrected chi connectivity index (χ1v) is 10.8. The molecular formula is C18H30Si. The zero-order chi connectivity index (χ0) is 14.3. The number of rotatable bonds is 7. The van der Waals surface area contributed by atoms with Crippen LogP contribution in [0.15, 0.2) is 42.0 Å². The van der Waals surface area contributed by atoms with Crippen LogP contribution in [0.5, 0.6) is 0 Å². The van der Waals surface area contributed by atoms with Crippen molar-refractivity contribution in [2.24, 2.45) is 0 Å². The fourth-order valence-corrected chi connectivity index (χ4v) is 5.91. The lowest BCUT2D eigenvalue weighted by molar-refractivity contribution is 0.665. The Hall–Kier alpha value is -0.823. The zero-order valence-electron chi connectivity index (χ0n) is 13.4. The van der Waals surface area contributed by atoms with E-state index in [4.69, 9.17) is 0 Å². The Morgan fingerprint density at radius 3 is 2.26 bits per heavy atom. The largest absolute Gasteiger partial charge is 0.0873 e. The lowest BCUT2D eigenvalue weighted by Crippen LogP contribution is -2.45. The average Bonchev–Trinajstić information content (AvgIpc) is 2.38. The average molecular weight is 275 g/mol. The van der Waals surface area contributed by atoms with Crippen molar-refractivity contribution in [2.75, 3.05) is 0 Å². The molecule has 19 heavy (non-hydrogen) atoms. The van der Waals surface area contributed by atoms with Gasteiger partial charge in [0.15, 0.2) is 0 Å². The first-order chi connectivity index (χ1) is 8.98. The minimum absolute atomic E-state index is 0.770. The topological polar surface area (TPSA) is 0 Å². The third kappa shape index (κ3) is 4.98. The van der Waals surface area contributed by atoms with Gasteiger partial charge in [-0.15, -0.1) is 0 Å². The monoisotopic (exact) mass is 274 g/mol. The van der Waals surface area contributed by atoms with Crippen LogP contribution in [0, 0.1) is 0 Å². The molecule has 1 unspecified atom stereocenters. The minimum atomic E-state index is -1.40. The molecule has 0 spiro atoms. The van der Waals surface area contributed by atoms with Gasteiger partial charge in [0, 0.05) is 0 Å². The van der Waals surface area contributed by atoms with Crippen LogP contribution in [0.2, 0.25) is 18.6 Å². The van der Waals surface area contributed by atoms with Crippen LogP contribution < -0.4 is 5.19 Å². The third-order valence-electron chi connectivity index (χ3n) is 4.10. The van der Waals surface area contributed by atoms with Crippen molar-refractivity contribution in [1.29, 1.82) is 0 Å². The molecule has 0 saturated heterocycles. The first kappa shape index (κ1) is 16.2. The van der Waals surface area contributed by atoms with Gasteiger partial charge in [-0.2, -0.15) is 0 Å². The van der Waals surface area contributed by atoms with Gasteiger partial charge < -0.3 is 0 Å². The Kier molecular flexibility index (Phi) is 6.57. The summed E-state index contributed by atoms with van der Waals surface area (Å²) >= 11 is 0. The van der Waals surface area contributed by atoms with Crippen LogP contribution >= 0.6 is 0 Å². The fourth-order valence-electron chi connectivity index (χ4n) is 2.75. The Bertz CT molecular complexity index is 385. The Balaban J connectivity index is 2.92. The molecule has 0 aliphatic heterocycles. The second kappa shape index (κ2) is 7.69. The molecule has 1 aromatic carbocycles. The molecule has 0 aliphatic rings. The molecule has 1 atom stereocenters. The van der Waals surface area contributed by atoms with E-state index in [0.29, 0.717) is 0 Å². The normalized spacial score (nSPS) is 13.1. The van der Waals surface area contributed by atoms with Crippen LogP contribution in [0.3, 0.4) is 0 Å². The van der Waals surface area contributed by atoms with Gasteiger partial charge in [0.2, 0.25) is 0 Å². The predicted octanol–water partition coefficient (Wildman–Crippen LogP) is 5.52. The van der Waals surface area contributed by atoms with Crippen molar-refractivity contribution in [2.45, 2.75) is 65.1 Å². The van der Waals surface area contributed by atoms with Gasteiger partial charge in [-0.05, 0) is 25.8 Å². The van der Waals surface area contributed by atoms with E-state index < -0.39 is 8.07 Å². The van der Waals surface area contributed by atoms with Gasteiger partial charge >= 0.3 is 0 Å². The van der Waals surface area contributed by atoms with Crippen LogP contribution in [0.1, 0.15) is 46.5 Å². The highest BCUT2D eigenvalue weighted by molar-refractivity contribution is 6.91. The number of unbranched alkanes of at least 4 members (excludes halogenated alkanes) is 2. The molecule has 0 aromatic heterocycles. The van der Waals surface area contributed by atoms with E-state index >= 15 is 0 Å². The second-order valence-corrected chi connectivity index (χ2v) is 11.2. The SMILES string of the molecule is CCCCCC(C=C(C)C)[Si](C)(C)c1ccccc1. The van der Waals surface area contributed by atoms with Crippen LogP contribution in [0.4, 0.5) is 0 Å². The minimum Gasteiger partial charge on any atom is -0.0851 e. The van der Waals surface area contributed by atoms with Crippen LogP contribution in [0.25, 0.3) is 0 Å². The molecule has 0 N–H and O–H groups in total. The van der Waals surface area contributed by atoms with Crippen molar-refractivity contribution in [3.8, 4) is 0 Å². The van der Waals surface area contributed by atoms with Crippen molar-refractivity contribution in [1.82, 2.24) is 0 Å². The molecule has 0 nitrogen and oxygen atoms in total. The van der Waals surface area contributed by atoms with Crippen LogP contribution in [-0.2, 0) is 0 Å². The highest BCUT2D eigenvalue weighted by atomic mass is 28.3. The van der Waals surface area contributed by atoms with Gasteiger partial charge in [-0.3, -0.25) is 0 Å². The highest BCUT2D eigenvalue weighted by Gasteiger charge is 2.31. The maximum Gasteiger partial charge on any atom is 0.0873 e. The molecule has 0 heterocycles. The lowest BCUT2D eigenvalue weighted by atomic mass is 10.1. The Morgan fingerprint density at radius 2 is 1.74 bits per heavy atom. The molecule has 0 saturated carbocycles. The van der Waals surface area contributed by atoms with Gasteiger partial charge in [-0.1, -0.05) is 86.4 Å². The Labute approximate surface area is 121 Å². The molecule has 1 aromatic rings. The smallest absolute Gasteiger partial charge is 0.0851 e. The molecule has 0 bridgehead atoms. The summed E-state index contributed by atoms with van der Waals surface area (Å²) in [4.78, 5) is 0. The molecule has 1 heteroatoms. The molecule has 1 rings (SSSR count). The third-order valence-corrected chi connectivity index (χ3v) is 8.23. The summed E-state index contributed by atoms with van der Waals surface area (Å²) in [6, 6.07) is 11.2. The van der Waals surface area contributed by atoms with E-state index in [1.54, 1.807) is 5.19 Å². The van der Waals surface area contributed by atoms with Gasteiger partial charge in [0.1, 0.15) is 0 Å². The molecular weight excluding hydrogens is 244 g/mol. The zero-order valence-corrected chi connectivity index (χ0v) is 14.4. The van der Waals surface area contributed by atoms with E-state index in [2.05, 4.69) is 70.3 Å². The van der Waals surface area contributed by atoms with E-state index in [0.717, 1.165) is 5.54 Å². The van der Waals surface area contributed by atoms with E-state index in [1.165, 1.54) is 31.3 Å². The summed E-state index contributed by atoms with van der Waals surface area (Å²) in [5.41, 5.74) is 2.24. The van der Waals surface area contributed by atoms with Crippen molar-refractivity contribution in [3.05, 3.63) is 42.0 Å².